The Morgan fingerprint density at radius 1 is 0.415 bits per heavy atom. The minimum atomic E-state index is 1.13. The zero-order valence-corrected chi connectivity index (χ0v) is 29.4. The van der Waals surface area contributed by atoms with E-state index < -0.39 is 0 Å². The largest absolute Gasteiger partial charge is 0.309 e. The lowest BCUT2D eigenvalue weighted by Gasteiger charge is -2.27. The predicted octanol–water partition coefficient (Wildman–Crippen LogP) is 14.6. The number of nitrogens with zero attached hydrogens (tertiary/aromatic N) is 2. The molecule has 0 unspecified atom stereocenters. The summed E-state index contributed by atoms with van der Waals surface area (Å²) >= 11 is 1.88. The van der Waals surface area contributed by atoms with Gasteiger partial charge < -0.3 is 9.47 Å². The third kappa shape index (κ3) is 4.08. The lowest BCUT2D eigenvalue weighted by molar-refractivity contribution is 1.18. The molecule has 11 aromatic rings. The van der Waals surface area contributed by atoms with Crippen molar-refractivity contribution in [1.82, 2.24) is 4.57 Å². The molecule has 2 heterocycles. The zero-order chi connectivity index (χ0) is 34.6. The maximum absolute atomic E-state index is 2.49. The van der Waals surface area contributed by atoms with E-state index in [9.17, 15) is 0 Å². The Morgan fingerprint density at radius 3 is 2.04 bits per heavy atom. The van der Waals surface area contributed by atoms with E-state index in [0.29, 0.717) is 0 Å². The highest BCUT2D eigenvalue weighted by Crippen LogP contribution is 2.53. The summed E-state index contributed by atoms with van der Waals surface area (Å²) in [4.78, 5) is 2.49. The maximum atomic E-state index is 2.49. The first kappa shape index (κ1) is 29.0. The number of hydrogen-bond acceptors (Lipinski definition) is 2. The van der Waals surface area contributed by atoms with E-state index in [1.165, 1.54) is 91.5 Å². The van der Waals surface area contributed by atoms with Crippen LogP contribution in [0, 0.1) is 0 Å². The van der Waals surface area contributed by atoms with Gasteiger partial charge in [0.05, 0.1) is 21.4 Å². The van der Waals surface area contributed by atoms with Crippen LogP contribution in [0.5, 0.6) is 0 Å². The molecule has 0 radical (unpaired) electrons. The minimum absolute atomic E-state index is 1.13. The monoisotopic (exact) mass is 690 g/mol. The van der Waals surface area contributed by atoms with Gasteiger partial charge in [0, 0.05) is 43.3 Å². The van der Waals surface area contributed by atoms with Crippen molar-refractivity contribution in [3.63, 3.8) is 0 Å². The van der Waals surface area contributed by atoms with Gasteiger partial charge in [-0.1, -0.05) is 121 Å². The fourth-order valence-corrected chi connectivity index (χ4v) is 10.2. The van der Waals surface area contributed by atoms with Gasteiger partial charge in [0.25, 0.3) is 0 Å². The Bertz CT molecular complexity index is 3290. The number of fused-ring (bicyclic) bond motifs is 11. The van der Waals surface area contributed by atoms with Crippen molar-refractivity contribution in [2.45, 2.75) is 0 Å². The number of rotatable bonds is 4. The second-order valence-corrected chi connectivity index (χ2v) is 15.1. The summed E-state index contributed by atoms with van der Waals surface area (Å²) in [7, 11) is 0. The summed E-state index contributed by atoms with van der Waals surface area (Å²) in [6.07, 6.45) is 0. The summed E-state index contributed by atoms with van der Waals surface area (Å²) < 4.78 is 5.00. The Morgan fingerprint density at radius 2 is 1.11 bits per heavy atom. The van der Waals surface area contributed by atoms with E-state index in [4.69, 9.17) is 0 Å². The molecule has 0 fully saturated rings. The fraction of sp³-hybridized carbons (Fsp3) is 0. The Balaban J connectivity index is 1.15. The summed E-state index contributed by atoms with van der Waals surface area (Å²) in [5.74, 6) is 0. The van der Waals surface area contributed by atoms with E-state index in [1.807, 2.05) is 11.3 Å². The van der Waals surface area contributed by atoms with E-state index >= 15 is 0 Å². The van der Waals surface area contributed by atoms with Gasteiger partial charge in [0.1, 0.15) is 0 Å². The van der Waals surface area contributed by atoms with Crippen LogP contribution in [-0.2, 0) is 0 Å². The molecule has 1 aliphatic carbocycles. The van der Waals surface area contributed by atoms with Crippen molar-refractivity contribution in [1.29, 1.82) is 0 Å². The molecule has 12 rings (SSSR count). The number of thiophene rings is 1. The molecule has 53 heavy (non-hydrogen) atoms. The van der Waals surface area contributed by atoms with Crippen LogP contribution in [0.2, 0.25) is 0 Å². The molecular weight excluding hydrogens is 661 g/mol. The maximum Gasteiger partial charge on any atom is 0.0640 e. The summed E-state index contributed by atoms with van der Waals surface area (Å²) in [5.41, 5.74) is 12.2. The van der Waals surface area contributed by atoms with E-state index in [0.717, 1.165) is 17.1 Å². The number of benzene rings is 9. The van der Waals surface area contributed by atoms with Crippen LogP contribution in [0.1, 0.15) is 0 Å². The number of anilines is 3. The highest BCUT2D eigenvalue weighted by atomic mass is 32.1. The van der Waals surface area contributed by atoms with Crippen LogP contribution in [0.4, 0.5) is 17.1 Å². The van der Waals surface area contributed by atoms with E-state index in [-0.39, 0.29) is 0 Å². The molecule has 9 aromatic carbocycles. The van der Waals surface area contributed by atoms with Gasteiger partial charge in [0.2, 0.25) is 0 Å². The summed E-state index contributed by atoms with van der Waals surface area (Å²) in [5, 5.41) is 10.3. The van der Waals surface area contributed by atoms with Gasteiger partial charge in [-0.3, -0.25) is 0 Å². The molecule has 1 aliphatic rings. The normalized spacial score (nSPS) is 12.2. The van der Waals surface area contributed by atoms with Gasteiger partial charge in [-0.25, -0.2) is 0 Å². The molecular formula is C50H30N2S. The molecule has 0 N–H and O–H groups in total. The van der Waals surface area contributed by atoms with Crippen molar-refractivity contribution in [2.24, 2.45) is 0 Å². The summed E-state index contributed by atoms with van der Waals surface area (Å²) in [6, 6.07) is 67.2. The standard InChI is InChI=1S/C50H30N2S/c1-2-14-33(15-3-1)52-44-21-8-6-17-37(44)38-26-24-35(30-46(38)52)51(45-22-11-20-42-39-18-7-9-23-47(39)53-50(42)45)34-25-27-41-43(29-34)40-19-10-13-32-28-31-12-4-5-16-36(31)49(41)48(32)40/h1-30H. The molecule has 0 saturated carbocycles. The summed E-state index contributed by atoms with van der Waals surface area (Å²) in [6.45, 7) is 0. The predicted molar refractivity (Wildman–Crippen MR) is 228 cm³/mol. The molecule has 2 aromatic heterocycles. The van der Waals surface area contributed by atoms with E-state index in [2.05, 4.69) is 191 Å². The van der Waals surface area contributed by atoms with Crippen molar-refractivity contribution in [2.75, 3.05) is 4.90 Å². The molecule has 0 atom stereocenters. The van der Waals surface area contributed by atoms with Crippen LogP contribution in [-0.4, -0.2) is 4.57 Å². The van der Waals surface area contributed by atoms with Crippen LogP contribution >= 0.6 is 11.3 Å². The average molecular weight is 691 g/mol. The molecule has 246 valence electrons. The van der Waals surface area contributed by atoms with Gasteiger partial charge in [0.15, 0.2) is 0 Å². The lowest BCUT2D eigenvalue weighted by atomic mass is 9.96. The second-order valence-electron chi connectivity index (χ2n) is 14.1. The van der Waals surface area contributed by atoms with Crippen LogP contribution in [0.3, 0.4) is 0 Å². The molecule has 0 aliphatic heterocycles. The average Bonchev–Trinajstić information content (AvgIpc) is 3.87. The molecule has 0 saturated heterocycles. The van der Waals surface area contributed by atoms with Crippen molar-refractivity contribution < 1.29 is 0 Å². The first-order valence-corrected chi connectivity index (χ1v) is 19.0. The quantitative estimate of drug-likeness (QED) is 0.167. The van der Waals surface area contributed by atoms with Gasteiger partial charge >= 0.3 is 0 Å². The topological polar surface area (TPSA) is 8.17 Å². The van der Waals surface area contributed by atoms with Crippen molar-refractivity contribution in [3.05, 3.63) is 182 Å². The lowest BCUT2D eigenvalue weighted by Crippen LogP contribution is -2.10. The van der Waals surface area contributed by atoms with E-state index in [1.54, 1.807) is 0 Å². The SMILES string of the molecule is c1ccc(-n2c3ccccc3c3ccc(N(c4ccc5c(c4)-c4cccc6cc7ccccc7c-5c46)c4cccc5c4sc4ccccc45)cc32)cc1. The zero-order valence-electron chi connectivity index (χ0n) is 28.6. The molecule has 2 nitrogen and oxygen atoms in total. The number of hydrogen-bond donors (Lipinski definition) is 0. The Hall–Kier alpha value is -6.68. The first-order chi connectivity index (χ1) is 26.3. The highest BCUT2D eigenvalue weighted by Gasteiger charge is 2.26. The van der Waals surface area contributed by atoms with Crippen LogP contribution in [0.15, 0.2) is 182 Å². The number of aromatic nitrogens is 1. The Labute approximate surface area is 310 Å². The third-order valence-electron chi connectivity index (χ3n) is 11.3. The van der Waals surface area contributed by atoms with Gasteiger partial charge in [-0.05, 0) is 104 Å². The van der Waals surface area contributed by atoms with Gasteiger partial charge in [-0.2, -0.15) is 0 Å². The van der Waals surface area contributed by atoms with Crippen LogP contribution < -0.4 is 4.90 Å². The number of para-hydroxylation sites is 2. The van der Waals surface area contributed by atoms with Crippen molar-refractivity contribution in [3.8, 4) is 27.9 Å². The Kier molecular flexibility index (Phi) is 5.96. The molecule has 0 amide bonds. The minimum Gasteiger partial charge on any atom is -0.309 e. The van der Waals surface area contributed by atoms with Gasteiger partial charge in [-0.15, -0.1) is 11.3 Å². The highest BCUT2D eigenvalue weighted by molar-refractivity contribution is 7.26. The molecule has 0 bridgehead atoms. The van der Waals surface area contributed by atoms with Crippen LogP contribution in [0.25, 0.3) is 91.5 Å². The molecule has 0 spiro atoms. The first-order valence-electron chi connectivity index (χ1n) is 18.2. The fourth-order valence-electron chi connectivity index (χ4n) is 9.03. The third-order valence-corrected chi connectivity index (χ3v) is 12.5. The molecule has 3 heteroatoms. The smallest absolute Gasteiger partial charge is 0.0640 e. The van der Waals surface area contributed by atoms with Crippen molar-refractivity contribution >= 4 is 91.9 Å². The second kappa shape index (κ2) is 10.9.